The zero-order chi connectivity index (χ0) is 16.1. The number of hydrogen-bond donors (Lipinski definition) is 0. The van der Waals surface area contributed by atoms with E-state index in [4.69, 9.17) is 23.2 Å². The van der Waals surface area contributed by atoms with Crippen molar-refractivity contribution in [2.75, 3.05) is 7.11 Å². The minimum Gasteiger partial charge on any atom is -0.466 e. The number of carbonyl (C=O) groups is 1. The van der Waals surface area contributed by atoms with E-state index in [0.717, 1.165) is 14.3 Å². The summed E-state index contributed by atoms with van der Waals surface area (Å²) in [5.41, 5.74) is 0.661. The Labute approximate surface area is 151 Å². The van der Waals surface area contributed by atoms with E-state index in [1.807, 2.05) is 36.4 Å². The average molecular weight is 418 g/mol. The molecule has 0 aromatic heterocycles. The Morgan fingerprint density at radius 1 is 1.14 bits per heavy atom. The molecule has 0 saturated carbocycles. The largest absolute Gasteiger partial charge is 0.466 e. The van der Waals surface area contributed by atoms with Crippen molar-refractivity contribution in [3.63, 3.8) is 0 Å². The molecule has 0 amide bonds. The van der Waals surface area contributed by atoms with Crippen molar-refractivity contribution in [2.45, 2.75) is 9.79 Å². The summed E-state index contributed by atoms with van der Waals surface area (Å²) in [6, 6.07) is 11.5. The summed E-state index contributed by atoms with van der Waals surface area (Å²) in [6.07, 6.45) is 2.88. The summed E-state index contributed by atoms with van der Waals surface area (Å²) in [5.74, 6) is -0.446. The fourth-order valence-corrected chi connectivity index (χ4v) is 3.60. The molecule has 0 aliphatic rings. The van der Waals surface area contributed by atoms with Crippen LogP contribution in [0.1, 0.15) is 5.56 Å². The molecular formula is C16H11BrCl2O2S. The van der Waals surface area contributed by atoms with E-state index in [9.17, 15) is 4.79 Å². The second-order valence-electron chi connectivity index (χ2n) is 4.17. The molecule has 2 aromatic rings. The highest BCUT2D eigenvalue weighted by molar-refractivity contribution is 9.10. The number of carbonyl (C=O) groups excluding carboxylic acids is 1. The molecule has 22 heavy (non-hydrogen) atoms. The van der Waals surface area contributed by atoms with Crippen molar-refractivity contribution in [2.24, 2.45) is 0 Å². The van der Waals surface area contributed by atoms with E-state index < -0.39 is 5.97 Å². The molecule has 0 heterocycles. The van der Waals surface area contributed by atoms with E-state index >= 15 is 0 Å². The van der Waals surface area contributed by atoms with Gasteiger partial charge in [-0.25, -0.2) is 4.79 Å². The van der Waals surface area contributed by atoms with E-state index in [-0.39, 0.29) is 0 Å². The molecule has 0 saturated heterocycles. The Hall–Kier alpha value is -0.940. The average Bonchev–Trinajstić information content (AvgIpc) is 2.52. The molecule has 0 unspecified atom stereocenters. The lowest BCUT2D eigenvalue weighted by molar-refractivity contribution is -0.134. The van der Waals surface area contributed by atoms with Crippen LogP contribution in [0.4, 0.5) is 0 Å². The molecule has 2 nitrogen and oxygen atoms in total. The zero-order valence-electron chi connectivity index (χ0n) is 11.5. The highest BCUT2D eigenvalue weighted by Gasteiger charge is 2.11. The Morgan fingerprint density at radius 2 is 1.86 bits per heavy atom. The van der Waals surface area contributed by atoms with Crippen molar-refractivity contribution in [3.05, 3.63) is 62.6 Å². The SMILES string of the molecule is COC(=O)C=Cc1ccc(Sc2ccccc2Br)c(Cl)c1Cl. The number of hydrogen-bond acceptors (Lipinski definition) is 3. The fraction of sp³-hybridized carbons (Fsp3) is 0.0625. The van der Waals surface area contributed by atoms with E-state index in [1.165, 1.54) is 24.9 Å². The molecule has 0 atom stereocenters. The molecule has 6 heteroatoms. The maximum absolute atomic E-state index is 11.1. The third-order valence-electron chi connectivity index (χ3n) is 2.73. The summed E-state index contributed by atoms with van der Waals surface area (Å²) in [7, 11) is 1.32. The van der Waals surface area contributed by atoms with Gasteiger partial charge in [-0.1, -0.05) is 53.2 Å². The van der Waals surface area contributed by atoms with Gasteiger partial charge in [0.15, 0.2) is 0 Å². The predicted octanol–water partition coefficient (Wildman–Crippen LogP) is 6.09. The molecule has 0 radical (unpaired) electrons. The van der Waals surface area contributed by atoms with Crippen molar-refractivity contribution < 1.29 is 9.53 Å². The van der Waals surface area contributed by atoms with Crippen molar-refractivity contribution >= 4 is 62.9 Å². The topological polar surface area (TPSA) is 26.3 Å². The van der Waals surface area contributed by atoms with Gasteiger partial charge < -0.3 is 4.74 Å². The maximum Gasteiger partial charge on any atom is 0.330 e. The van der Waals surface area contributed by atoms with E-state index in [0.29, 0.717) is 15.6 Å². The van der Waals surface area contributed by atoms with Crippen LogP contribution in [0.2, 0.25) is 10.0 Å². The van der Waals surface area contributed by atoms with Gasteiger partial charge in [0.25, 0.3) is 0 Å². The van der Waals surface area contributed by atoms with Crippen molar-refractivity contribution in [3.8, 4) is 0 Å². The number of esters is 1. The van der Waals surface area contributed by atoms with Gasteiger partial charge in [0.05, 0.1) is 17.2 Å². The highest BCUT2D eigenvalue weighted by atomic mass is 79.9. The molecule has 114 valence electrons. The molecule has 0 spiro atoms. The molecule has 2 aromatic carbocycles. The van der Waals surface area contributed by atoms with Crippen LogP contribution in [-0.4, -0.2) is 13.1 Å². The summed E-state index contributed by atoms with van der Waals surface area (Å²) < 4.78 is 5.53. The van der Waals surface area contributed by atoms with Gasteiger partial charge in [-0.3, -0.25) is 0 Å². The van der Waals surface area contributed by atoms with E-state index in [2.05, 4.69) is 20.7 Å². The summed E-state index contributed by atoms with van der Waals surface area (Å²) in [4.78, 5) is 13.0. The Bertz CT molecular complexity index is 732. The Morgan fingerprint density at radius 3 is 2.55 bits per heavy atom. The number of halogens is 3. The van der Waals surface area contributed by atoms with Crippen LogP contribution in [0.5, 0.6) is 0 Å². The molecular weight excluding hydrogens is 407 g/mol. The third kappa shape index (κ3) is 4.29. The lowest BCUT2D eigenvalue weighted by Crippen LogP contribution is -1.93. The first-order chi connectivity index (χ1) is 10.5. The van der Waals surface area contributed by atoms with Gasteiger partial charge in [-0.2, -0.15) is 0 Å². The second-order valence-corrected chi connectivity index (χ2v) is 6.86. The van der Waals surface area contributed by atoms with Crippen LogP contribution < -0.4 is 0 Å². The van der Waals surface area contributed by atoms with Crippen LogP contribution in [0.15, 0.2) is 56.7 Å². The van der Waals surface area contributed by atoms with Gasteiger partial charge in [-0.05, 0) is 45.8 Å². The highest BCUT2D eigenvalue weighted by Crippen LogP contribution is 2.41. The fourth-order valence-electron chi connectivity index (χ4n) is 1.63. The lowest BCUT2D eigenvalue weighted by Gasteiger charge is -2.09. The van der Waals surface area contributed by atoms with E-state index in [1.54, 1.807) is 6.08 Å². The normalized spacial score (nSPS) is 10.9. The molecule has 0 aliphatic carbocycles. The van der Waals surface area contributed by atoms with Crippen molar-refractivity contribution in [1.82, 2.24) is 0 Å². The maximum atomic E-state index is 11.1. The lowest BCUT2D eigenvalue weighted by atomic mass is 10.2. The van der Waals surface area contributed by atoms with Gasteiger partial charge in [-0.15, -0.1) is 0 Å². The molecule has 0 bridgehead atoms. The van der Waals surface area contributed by atoms with Crippen LogP contribution in [0, 0.1) is 0 Å². The zero-order valence-corrected chi connectivity index (χ0v) is 15.4. The molecule has 2 rings (SSSR count). The van der Waals surface area contributed by atoms with Crippen LogP contribution in [0.25, 0.3) is 6.08 Å². The van der Waals surface area contributed by atoms with Gasteiger partial charge in [0.1, 0.15) is 0 Å². The number of benzene rings is 2. The summed E-state index contributed by atoms with van der Waals surface area (Å²) >= 11 is 17.6. The van der Waals surface area contributed by atoms with Gasteiger partial charge in [0, 0.05) is 20.3 Å². The minimum atomic E-state index is -0.446. The monoisotopic (exact) mass is 416 g/mol. The number of ether oxygens (including phenoxy) is 1. The summed E-state index contributed by atoms with van der Waals surface area (Å²) in [6.45, 7) is 0. The standard InChI is InChI=1S/C16H11BrCl2O2S/c1-21-14(20)9-7-10-6-8-13(16(19)15(10)18)22-12-5-3-2-4-11(12)17/h2-9H,1H3. The van der Waals surface area contributed by atoms with Gasteiger partial charge >= 0.3 is 5.97 Å². The quantitative estimate of drug-likeness (QED) is 0.444. The van der Waals surface area contributed by atoms with Crippen molar-refractivity contribution in [1.29, 1.82) is 0 Å². The molecule has 0 aliphatic heterocycles. The Balaban J connectivity index is 2.29. The number of methoxy groups -OCH3 is 1. The van der Waals surface area contributed by atoms with Crippen LogP contribution in [0.3, 0.4) is 0 Å². The first kappa shape index (κ1) is 17.4. The molecule has 0 N–H and O–H groups in total. The van der Waals surface area contributed by atoms with Crippen LogP contribution >= 0.6 is 50.9 Å². The third-order valence-corrected chi connectivity index (χ3v) is 5.83. The van der Waals surface area contributed by atoms with Gasteiger partial charge in [0.2, 0.25) is 0 Å². The first-order valence-corrected chi connectivity index (χ1v) is 8.56. The summed E-state index contributed by atoms with van der Waals surface area (Å²) in [5, 5.41) is 0.855. The Kier molecular flexibility index (Phi) is 6.38. The van der Waals surface area contributed by atoms with Crippen LogP contribution in [-0.2, 0) is 9.53 Å². The molecule has 0 fully saturated rings. The minimum absolute atomic E-state index is 0.402. The first-order valence-electron chi connectivity index (χ1n) is 6.19. The smallest absolute Gasteiger partial charge is 0.330 e. The number of rotatable bonds is 4. The second kappa shape index (κ2) is 8.06. The predicted molar refractivity (Wildman–Crippen MR) is 95.8 cm³/mol.